The van der Waals surface area contributed by atoms with Crippen LogP contribution >= 0.6 is 0 Å². The Bertz CT molecular complexity index is 382. The van der Waals surface area contributed by atoms with E-state index in [1.807, 2.05) is 13.2 Å². The van der Waals surface area contributed by atoms with E-state index in [0.717, 1.165) is 38.2 Å². The van der Waals surface area contributed by atoms with Gasteiger partial charge in [0, 0.05) is 38.0 Å². The number of hydrogen-bond donors (Lipinski definition) is 1. The topological polar surface area (TPSA) is 39.1 Å². The highest BCUT2D eigenvalue weighted by Gasteiger charge is 2.36. The van der Waals surface area contributed by atoms with E-state index in [-0.39, 0.29) is 5.60 Å². The van der Waals surface area contributed by atoms with Crippen LogP contribution in [-0.4, -0.2) is 34.8 Å². The number of imidazole rings is 1. The third kappa shape index (κ3) is 3.37. The van der Waals surface area contributed by atoms with E-state index < -0.39 is 0 Å². The lowest BCUT2D eigenvalue weighted by atomic mass is 9.86. The summed E-state index contributed by atoms with van der Waals surface area (Å²) in [6, 6.07) is 0.325. The zero-order chi connectivity index (χ0) is 13.7. The number of nitrogens with one attached hydrogen (secondary N) is 1. The van der Waals surface area contributed by atoms with Gasteiger partial charge in [-0.3, -0.25) is 0 Å². The average molecular weight is 265 g/mol. The molecule has 2 unspecified atom stereocenters. The summed E-state index contributed by atoms with van der Waals surface area (Å²) < 4.78 is 8.33. The first-order valence-corrected chi connectivity index (χ1v) is 7.51. The van der Waals surface area contributed by atoms with Gasteiger partial charge in [-0.25, -0.2) is 4.98 Å². The van der Waals surface area contributed by atoms with Crippen molar-refractivity contribution >= 4 is 0 Å². The van der Waals surface area contributed by atoms with Crippen molar-refractivity contribution < 1.29 is 4.74 Å². The fourth-order valence-corrected chi connectivity index (χ4v) is 3.01. The Morgan fingerprint density at radius 1 is 1.53 bits per heavy atom. The van der Waals surface area contributed by atoms with Crippen LogP contribution in [0.3, 0.4) is 0 Å². The van der Waals surface area contributed by atoms with Crippen LogP contribution in [0.5, 0.6) is 0 Å². The van der Waals surface area contributed by atoms with Crippen molar-refractivity contribution in [2.24, 2.45) is 0 Å². The van der Waals surface area contributed by atoms with Crippen molar-refractivity contribution in [3.8, 4) is 0 Å². The lowest BCUT2D eigenvalue weighted by molar-refractivity contribution is -0.0875. The SMILES string of the molecule is CCCn1ccnc1CC(NC)C1(C)CCCCO1. The molecule has 108 valence electrons. The van der Waals surface area contributed by atoms with Gasteiger partial charge in [0.05, 0.1) is 5.60 Å². The second-order valence-corrected chi connectivity index (χ2v) is 5.70. The summed E-state index contributed by atoms with van der Waals surface area (Å²) in [5.41, 5.74) is -0.0595. The van der Waals surface area contributed by atoms with Gasteiger partial charge >= 0.3 is 0 Å². The molecule has 0 radical (unpaired) electrons. The summed E-state index contributed by atoms with van der Waals surface area (Å²) in [6.45, 7) is 6.37. The molecule has 0 bridgehead atoms. The first-order valence-electron chi connectivity index (χ1n) is 7.51. The summed E-state index contributed by atoms with van der Waals surface area (Å²) in [7, 11) is 2.03. The van der Waals surface area contributed by atoms with Crippen LogP contribution in [0.1, 0.15) is 45.4 Å². The molecule has 0 saturated carbocycles. The molecule has 1 aromatic rings. The van der Waals surface area contributed by atoms with Crippen molar-refractivity contribution in [1.29, 1.82) is 0 Å². The van der Waals surface area contributed by atoms with Gasteiger partial charge in [-0.2, -0.15) is 0 Å². The monoisotopic (exact) mass is 265 g/mol. The van der Waals surface area contributed by atoms with Gasteiger partial charge in [-0.05, 0) is 39.7 Å². The third-order valence-electron chi connectivity index (χ3n) is 4.24. The minimum atomic E-state index is -0.0595. The second-order valence-electron chi connectivity index (χ2n) is 5.70. The van der Waals surface area contributed by atoms with E-state index in [0.29, 0.717) is 6.04 Å². The maximum Gasteiger partial charge on any atom is 0.110 e. The Hall–Kier alpha value is -0.870. The van der Waals surface area contributed by atoms with Crippen LogP contribution in [-0.2, 0) is 17.7 Å². The van der Waals surface area contributed by atoms with Gasteiger partial charge in [0.2, 0.25) is 0 Å². The van der Waals surface area contributed by atoms with E-state index in [9.17, 15) is 0 Å². The average Bonchev–Trinajstić information content (AvgIpc) is 2.84. The van der Waals surface area contributed by atoms with Gasteiger partial charge in [-0.1, -0.05) is 6.92 Å². The molecule has 1 fully saturated rings. The zero-order valence-electron chi connectivity index (χ0n) is 12.5. The van der Waals surface area contributed by atoms with Crippen LogP contribution in [0.2, 0.25) is 0 Å². The Balaban J connectivity index is 2.07. The van der Waals surface area contributed by atoms with Crippen LogP contribution in [0.15, 0.2) is 12.4 Å². The highest BCUT2D eigenvalue weighted by atomic mass is 16.5. The number of aryl methyl sites for hydroxylation is 1. The molecule has 4 nitrogen and oxygen atoms in total. The fraction of sp³-hybridized carbons (Fsp3) is 0.800. The van der Waals surface area contributed by atoms with Crippen molar-refractivity contribution in [2.45, 2.75) is 64.1 Å². The predicted molar refractivity (Wildman–Crippen MR) is 77.3 cm³/mol. The van der Waals surface area contributed by atoms with Crippen LogP contribution in [0, 0.1) is 0 Å². The van der Waals surface area contributed by atoms with Crippen LogP contribution < -0.4 is 5.32 Å². The van der Waals surface area contributed by atoms with Gasteiger partial charge in [0.15, 0.2) is 0 Å². The molecule has 19 heavy (non-hydrogen) atoms. The van der Waals surface area contributed by atoms with Crippen molar-refractivity contribution in [3.63, 3.8) is 0 Å². The smallest absolute Gasteiger partial charge is 0.110 e. The lowest BCUT2D eigenvalue weighted by Crippen LogP contribution is -2.52. The van der Waals surface area contributed by atoms with E-state index in [1.165, 1.54) is 12.8 Å². The fourth-order valence-electron chi connectivity index (χ4n) is 3.01. The molecule has 2 atom stereocenters. The molecule has 1 saturated heterocycles. The van der Waals surface area contributed by atoms with E-state index in [1.54, 1.807) is 0 Å². The summed E-state index contributed by atoms with van der Waals surface area (Å²) in [5.74, 6) is 1.16. The molecule has 0 amide bonds. The normalized spacial score (nSPS) is 25.4. The zero-order valence-corrected chi connectivity index (χ0v) is 12.5. The molecule has 1 N–H and O–H groups in total. The highest BCUT2D eigenvalue weighted by Crippen LogP contribution is 2.29. The van der Waals surface area contributed by atoms with E-state index >= 15 is 0 Å². The molecular formula is C15H27N3O. The van der Waals surface area contributed by atoms with Gasteiger partial charge < -0.3 is 14.6 Å². The third-order valence-corrected chi connectivity index (χ3v) is 4.24. The first kappa shape index (κ1) is 14.5. The van der Waals surface area contributed by atoms with Crippen molar-refractivity contribution in [2.75, 3.05) is 13.7 Å². The summed E-state index contributed by atoms with van der Waals surface area (Å²) in [6.07, 6.45) is 9.64. The molecular weight excluding hydrogens is 238 g/mol. The van der Waals surface area contributed by atoms with Gasteiger partial charge in [0.25, 0.3) is 0 Å². The number of ether oxygens (including phenoxy) is 1. The molecule has 1 aromatic heterocycles. The molecule has 0 aromatic carbocycles. The van der Waals surface area contributed by atoms with Crippen LogP contribution in [0.25, 0.3) is 0 Å². The summed E-state index contributed by atoms with van der Waals surface area (Å²) >= 11 is 0. The predicted octanol–water partition coefficient (Wildman–Crippen LogP) is 2.38. The van der Waals surface area contributed by atoms with E-state index in [4.69, 9.17) is 4.74 Å². The molecule has 4 heteroatoms. The maximum atomic E-state index is 6.07. The number of hydrogen-bond acceptors (Lipinski definition) is 3. The molecule has 0 aliphatic carbocycles. The highest BCUT2D eigenvalue weighted by molar-refractivity contribution is 5.01. The Labute approximate surface area is 116 Å². The second kappa shape index (κ2) is 6.53. The largest absolute Gasteiger partial charge is 0.374 e. The summed E-state index contributed by atoms with van der Waals surface area (Å²) in [4.78, 5) is 4.52. The van der Waals surface area contributed by atoms with Crippen molar-refractivity contribution in [1.82, 2.24) is 14.9 Å². The van der Waals surface area contributed by atoms with Crippen LogP contribution in [0.4, 0.5) is 0 Å². The van der Waals surface area contributed by atoms with Gasteiger partial charge in [-0.15, -0.1) is 0 Å². The minimum absolute atomic E-state index is 0.0595. The number of aromatic nitrogens is 2. The van der Waals surface area contributed by atoms with Gasteiger partial charge in [0.1, 0.15) is 5.82 Å². The minimum Gasteiger partial charge on any atom is -0.374 e. The Morgan fingerprint density at radius 2 is 2.37 bits per heavy atom. The molecule has 1 aliphatic rings. The quantitative estimate of drug-likeness (QED) is 0.858. The number of likely N-dealkylation sites (N-methyl/N-ethyl adjacent to an activating group) is 1. The first-order chi connectivity index (χ1) is 9.19. The van der Waals surface area contributed by atoms with E-state index in [2.05, 4.69) is 34.9 Å². The Kier molecular flexibility index (Phi) is 4.99. The Morgan fingerprint density at radius 3 is 3.00 bits per heavy atom. The molecule has 1 aliphatic heterocycles. The standard InChI is InChI=1S/C15H27N3O/c1-4-9-18-10-8-17-14(18)12-13(16-3)15(2)7-5-6-11-19-15/h8,10,13,16H,4-7,9,11-12H2,1-3H3. The summed E-state index contributed by atoms with van der Waals surface area (Å²) in [5, 5.41) is 3.44. The molecule has 2 rings (SSSR count). The lowest BCUT2D eigenvalue weighted by Gasteiger charge is -2.40. The molecule has 2 heterocycles. The van der Waals surface area contributed by atoms with Crippen molar-refractivity contribution in [3.05, 3.63) is 18.2 Å². The number of rotatable bonds is 6. The number of nitrogens with zero attached hydrogens (tertiary/aromatic N) is 2. The molecule has 0 spiro atoms. The maximum absolute atomic E-state index is 6.07.